The first kappa shape index (κ1) is 27.6. The van der Waals surface area contributed by atoms with Gasteiger partial charge in [0.05, 0.1) is 25.2 Å². The van der Waals surface area contributed by atoms with Crippen LogP contribution in [0.25, 0.3) is 0 Å². The predicted octanol–water partition coefficient (Wildman–Crippen LogP) is 5.36. The molecule has 8 heteroatoms. The second kappa shape index (κ2) is 8.94. The molecule has 5 aliphatic rings. The van der Waals surface area contributed by atoms with E-state index in [9.17, 15) is 14.4 Å². The van der Waals surface area contributed by atoms with Gasteiger partial charge in [-0.25, -0.2) is 0 Å². The van der Waals surface area contributed by atoms with Crippen LogP contribution in [-0.4, -0.2) is 48.9 Å². The summed E-state index contributed by atoms with van der Waals surface area (Å²) in [4.78, 5) is 37.5. The Morgan fingerprint density at radius 2 is 1.62 bits per heavy atom. The van der Waals surface area contributed by atoms with Crippen molar-refractivity contribution in [3.63, 3.8) is 0 Å². The minimum Gasteiger partial charge on any atom is -0.472 e. The molecule has 1 aliphatic heterocycles. The SMILES string of the molecule is CC(=O)OC1CC(OC(C)=O)C2(C)C3C(OCC13C)C(OC(C)=O)C1(C)C3=CCC(c4ccoc4)C3(C)CCC12. The van der Waals surface area contributed by atoms with E-state index >= 15 is 0 Å². The van der Waals surface area contributed by atoms with Gasteiger partial charge in [-0.2, -0.15) is 0 Å². The summed E-state index contributed by atoms with van der Waals surface area (Å²) in [6.07, 6.45) is 7.14. The van der Waals surface area contributed by atoms with Crippen molar-refractivity contribution in [3.05, 3.63) is 35.8 Å². The second-order valence-electron chi connectivity index (χ2n) is 13.8. The number of fused-ring (bicyclic) bond motifs is 4. The minimum atomic E-state index is -0.551. The Balaban J connectivity index is 1.53. The summed E-state index contributed by atoms with van der Waals surface area (Å²) in [5.74, 6) is -0.908. The van der Waals surface area contributed by atoms with E-state index in [4.69, 9.17) is 23.4 Å². The quantitative estimate of drug-likeness (QED) is 0.279. The highest BCUT2D eigenvalue weighted by Crippen LogP contribution is 2.76. The zero-order chi connectivity index (χ0) is 28.8. The second-order valence-corrected chi connectivity index (χ2v) is 13.8. The number of ether oxygens (including phenoxy) is 4. The molecule has 1 aromatic heterocycles. The fourth-order valence-corrected chi connectivity index (χ4v) is 10.6. The lowest BCUT2D eigenvalue weighted by atomic mass is 9.36. The number of carbonyl (C=O) groups excluding carboxylic acids is 3. The lowest BCUT2D eigenvalue weighted by molar-refractivity contribution is -0.266. The van der Waals surface area contributed by atoms with E-state index in [1.165, 1.54) is 31.9 Å². The number of furan rings is 1. The molecule has 11 atom stereocenters. The summed E-state index contributed by atoms with van der Waals surface area (Å²) in [5, 5.41) is 0. The first-order chi connectivity index (χ1) is 18.8. The molecule has 0 spiro atoms. The van der Waals surface area contributed by atoms with Crippen LogP contribution in [0.1, 0.15) is 85.6 Å². The lowest BCUT2D eigenvalue weighted by Gasteiger charge is -2.69. The van der Waals surface area contributed by atoms with Crippen molar-refractivity contribution in [2.45, 2.75) is 104 Å². The molecule has 40 heavy (non-hydrogen) atoms. The van der Waals surface area contributed by atoms with Gasteiger partial charge in [0, 0.05) is 49.4 Å². The number of carbonyl (C=O) groups is 3. The molecular weight excluding hydrogens is 512 g/mol. The topological polar surface area (TPSA) is 101 Å². The van der Waals surface area contributed by atoms with Crippen molar-refractivity contribution in [1.82, 2.24) is 0 Å². The number of hydrogen-bond donors (Lipinski definition) is 0. The van der Waals surface area contributed by atoms with Crippen LogP contribution in [0.15, 0.2) is 34.7 Å². The molecule has 4 fully saturated rings. The van der Waals surface area contributed by atoms with Crippen molar-refractivity contribution in [1.29, 1.82) is 0 Å². The summed E-state index contributed by atoms with van der Waals surface area (Å²) >= 11 is 0. The normalized spacial score (nSPS) is 46.9. The van der Waals surface area contributed by atoms with Crippen LogP contribution in [0.4, 0.5) is 0 Å². The first-order valence-electron chi connectivity index (χ1n) is 14.6. The summed E-state index contributed by atoms with van der Waals surface area (Å²) < 4.78 is 30.5. The smallest absolute Gasteiger partial charge is 0.303 e. The molecule has 0 bridgehead atoms. The Labute approximate surface area is 236 Å². The molecule has 1 saturated heterocycles. The van der Waals surface area contributed by atoms with Gasteiger partial charge < -0.3 is 23.4 Å². The largest absolute Gasteiger partial charge is 0.472 e. The van der Waals surface area contributed by atoms with Crippen molar-refractivity contribution in [3.8, 4) is 0 Å². The zero-order valence-electron chi connectivity index (χ0n) is 24.7. The molecule has 0 N–H and O–H groups in total. The van der Waals surface area contributed by atoms with E-state index in [1.54, 1.807) is 6.26 Å². The lowest BCUT2D eigenvalue weighted by Crippen LogP contribution is -2.73. The zero-order valence-corrected chi connectivity index (χ0v) is 24.7. The Hall–Kier alpha value is -2.61. The highest BCUT2D eigenvalue weighted by Gasteiger charge is 2.78. The molecule has 6 rings (SSSR count). The average molecular weight is 555 g/mol. The van der Waals surface area contributed by atoms with E-state index in [-0.39, 0.29) is 41.1 Å². The van der Waals surface area contributed by atoms with Gasteiger partial charge in [0.25, 0.3) is 0 Å². The van der Waals surface area contributed by atoms with Gasteiger partial charge >= 0.3 is 17.9 Å². The molecule has 0 amide bonds. The number of rotatable bonds is 4. The van der Waals surface area contributed by atoms with E-state index in [0.717, 1.165) is 19.3 Å². The number of esters is 3. The third-order valence-corrected chi connectivity index (χ3v) is 11.8. The van der Waals surface area contributed by atoms with Gasteiger partial charge in [-0.3, -0.25) is 14.4 Å². The highest BCUT2D eigenvalue weighted by atomic mass is 16.6. The summed E-state index contributed by atoms with van der Waals surface area (Å²) in [6, 6.07) is 2.06. The molecule has 218 valence electrons. The monoisotopic (exact) mass is 554 g/mol. The number of hydrogen-bond acceptors (Lipinski definition) is 8. The van der Waals surface area contributed by atoms with Crippen molar-refractivity contribution in [2.75, 3.05) is 6.61 Å². The van der Waals surface area contributed by atoms with Gasteiger partial charge in [-0.05, 0) is 48.1 Å². The van der Waals surface area contributed by atoms with Crippen LogP contribution in [-0.2, 0) is 33.3 Å². The third-order valence-electron chi connectivity index (χ3n) is 11.8. The number of allylic oxidation sites excluding steroid dienone is 1. The maximum atomic E-state index is 12.7. The standard InChI is InChI=1S/C32H42O8/c1-17(33)38-24-14-25(39-18(2)34)32(7)23-10-12-29(4)21(20-11-13-36-15-20)8-9-22(29)31(23,6)28(40-19(3)35)26-27(32)30(24,5)16-37-26/h9,11,13,15,21,23-28H,8,10,12,14,16H2,1-7H3. The highest BCUT2D eigenvalue weighted by molar-refractivity contribution is 5.68. The van der Waals surface area contributed by atoms with Gasteiger partial charge in [0.1, 0.15) is 18.3 Å². The van der Waals surface area contributed by atoms with Crippen molar-refractivity contribution < 1.29 is 37.7 Å². The Kier molecular flexibility index (Phi) is 6.16. The molecule has 8 nitrogen and oxygen atoms in total. The fraction of sp³-hybridized carbons (Fsp3) is 0.719. The van der Waals surface area contributed by atoms with Gasteiger partial charge in [-0.1, -0.05) is 39.3 Å². The maximum absolute atomic E-state index is 12.7. The Morgan fingerprint density at radius 3 is 2.25 bits per heavy atom. The van der Waals surface area contributed by atoms with E-state index < -0.39 is 40.7 Å². The first-order valence-corrected chi connectivity index (χ1v) is 14.6. The molecule has 0 radical (unpaired) electrons. The molecule has 4 aliphatic carbocycles. The summed E-state index contributed by atoms with van der Waals surface area (Å²) in [6.45, 7) is 13.6. The summed E-state index contributed by atoms with van der Waals surface area (Å²) in [5.41, 5.74) is 0.763. The van der Waals surface area contributed by atoms with Crippen LogP contribution in [0.2, 0.25) is 0 Å². The Morgan fingerprint density at radius 1 is 0.950 bits per heavy atom. The molecule has 11 unspecified atom stereocenters. The summed E-state index contributed by atoms with van der Waals surface area (Å²) in [7, 11) is 0. The average Bonchev–Trinajstić information content (AvgIpc) is 3.58. The molecular formula is C32H42O8. The fourth-order valence-electron chi connectivity index (χ4n) is 10.6. The van der Waals surface area contributed by atoms with Crippen molar-refractivity contribution in [2.24, 2.45) is 33.5 Å². The van der Waals surface area contributed by atoms with Gasteiger partial charge in [-0.15, -0.1) is 0 Å². The Bertz CT molecular complexity index is 1250. The van der Waals surface area contributed by atoms with Crippen LogP contribution in [0, 0.1) is 33.5 Å². The van der Waals surface area contributed by atoms with E-state index in [1.807, 2.05) is 6.26 Å². The van der Waals surface area contributed by atoms with Gasteiger partial charge in [0.2, 0.25) is 0 Å². The van der Waals surface area contributed by atoms with Crippen LogP contribution < -0.4 is 0 Å². The predicted molar refractivity (Wildman–Crippen MR) is 144 cm³/mol. The van der Waals surface area contributed by atoms with Crippen molar-refractivity contribution >= 4 is 17.9 Å². The van der Waals surface area contributed by atoms with E-state index in [0.29, 0.717) is 13.0 Å². The molecule has 0 aromatic carbocycles. The van der Waals surface area contributed by atoms with Crippen LogP contribution >= 0.6 is 0 Å². The van der Waals surface area contributed by atoms with E-state index in [2.05, 4.69) is 39.8 Å². The van der Waals surface area contributed by atoms with Crippen LogP contribution in [0.3, 0.4) is 0 Å². The van der Waals surface area contributed by atoms with Gasteiger partial charge in [0.15, 0.2) is 0 Å². The molecule has 2 heterocycles. The maximum Gasteiger partial charge on any atom is 0.303 e. The van der Waals surface area contributed by atoms with Crippen LogP contribution in [0.5, 0.6) is 0 Å². The third kappa shape index (κ3) is 3.50. The minimum absolute atomic E-state index is 0.0386. The molecule has 1 aromatic rings. The molecule has 3 saturated carbocycles.